The molecule has 2 aliphatic rings. The lowest BCUT2D eigenvalue weighted by Gasteiger charge is -2.26. The summed E-state index contributed by atoms with van der Waals surface area (Å²) in [5, 5.41) is 2.95. The molecule has 1 saturated carbocycles. The molecule has 2 heterocycles. The van der Waals surface area contributed by atoms with Crippen LogP contribution in [0.15, 0.2) is 18.3 Å². The molecule has 6 heteroatoms. The van der Waals surface area contributed by atoms with E-state index in [0.717, 1.165) is 42.7 Å². The van der Waals surface area contributed by atoms with Gasteiger partial charge in [-0.25, -0.2) is 9.78 Å². The molecule has 0 aromatic carbocycles. The summed E-state index contributed by atoms with van der Waals surface area (Å²) in [5.74, 6) is 3.46. The Hall–Kier alpha value is -1.43. The van der Waals surface area contributed by atoms with E-state index in [2.05, 4.69) is 10.3 Å². The quantitative estimate of drug-likeness (QED) is 0.905. The fourth-order valence-electron chi connectivity index (χ4n) is 2.14. The standard InChI is InChI=1S/C15H21N3O2S/c19-15(18-5-7-21-8-6-18)17-10-13-3-4-14(16-9-13)20-11-12-1-2-12/h3-4,9,12H,1-2,5-8,10-11H2,(H,17,19). The van der Waals surface area contributed by atoms with Crippen LogP contribution in [0.1, 0.15) is 18.4 Å². The van der Waals surface area contributed by atoms with Gasteiger partial charge in [0.25, 0.3) is 0 Å². The minimum Gasteiger partial charge on any atom is -0.477 e. The first-order valence-corrected chi connectivity index (χ1v) is 8.65. The molecule has 0 bridgehead atoms. The van der Waals surface area contributed by atoms with Crippen LogP contribution in [0.2, 0.25) is 0 Å². The van der Waals surface area contributed by atoms with E-state index in [-0.39, 0.29) is 6.03 Å². The fourth-order valence-corrected chi connectivity index (χ4v) is 3.05. The van der Waals surface area contributed by atoms with Crippen molar-refractivity contribution in [3.05, 3.63) is 23.9 Å². The van der Waals surface area contributed by atoms with Gasteiger partial charge in [0.05, 0.1) is 6.61 Å². The van der Waals surface area contributed by atoms with Gasteiger partial charge in [0.2, 0.25) is 5.88 Å². The SMILES string of the molecule is O=C(NCc1ccc(OCC2CC2)nc1)N1CCSCC1. The summed E-state index contributed by atoms with van der Waals surface area (Å²) < 4.78 is 5.60. The van der Waals surface area contributed by atoms with Gasteiger partial charge >= 0.3 is 6.03 Å². The molecule has 0 unspecified atom stereocenters. The number of carbonyl (C=O) groups excluding carboxylic acids is 1. The van der Waals surface area contributed by atoms with Crippen LogP contribution in [0.3, 0.4) is 0 Å². The maximum Gasteiger partial charge on any atom is 0.317 e. The van der Waals surface area contributed by atoms with Crippen molar-refractivity contribution in [3.8, 4) is 5.88 Å². The summed E-state index contributed by atoms with van der Waals surface area (Å²) in [6.45, 7) is 2.96. The van der Waals surface area contributed by atoms with Gasteiger partial charge in [-0.15, -0.1) is 0 Å². The number of hydrogen-bond acceptors (Lipinski definition) is 4. The lowest BCUT2D eigenvalue weighted by Crippen LogP contribution is -2.44. The molecule has 3 rings (SSSR count). The van der Waals surface area contributed by atoms with Crippen molar-refractivity contribution in [1.82, 2.24) is 15.2 Å². The second-order valence-corrected chi connectivity index (χ2v) is 6.74. The van der Waals surface area contributed by atoms with E-state index in [1.807, 2.05) is 28.8 Å². The molecule has 114 valence electrons. The van der Waals surface area contributed by atoms with Gasteiger partial charge < -0.3 is 15.0 Å². The summed E-state index contributed by atoms with van der Waals surface area (Å²) in [4.78, 5) is 18.1. The van der Waals surface area contributed by atoms with Gasteiger partial charge in [-0.2, -0.15) is 11.8 Å². The van der Waals surface area contributed by atoms with Crippen molar-refractivity contribution >= 4 is 17.8 Å². The van der Waals surface area contributed by atoms with Crippen molar-refractivity contribution < 1.29 is 9.53 Å². The fraction of sp³-hybridized carbons (Fsp3) is 0.600. The number of thioether (sulfide) groups is 1. The molecule has 5 nitrogen and oxygen atoms in total. The van der Waals surface area contributed by atoms with Crippen molar-refractivity contribution in [2.45, 2.75) is 19.4 Å². The van der Waals surface area contributed by atoms with Crippen molar-refractivity contribution in [3.63, 3.8) is 0 Å². The van der Waals surface area contributed by atoms with Crippen LogP contribution < -0.4 is 10.1 Å². The Balaban J connectivity index is 1.42. The smallest absolute Gasteiger partial charge is 0.317 e. The summed E-state index contributed by atoms with van der Waals surface area (Å²) in [6, 6.07) is 3.85. The lowest BCUT2D eigenvalue weighted by molar-refractivity contribution is 0.202. The number of ether oxygens (including phenoxy) is 1. The molecule has 1 N–H and O–H groups in total. The summed E-state index contributed by atoms with van der Waals surface area (Å²) in [7, 11) is 0. The van der Waals surface area contributed by atoms with Crippen molar-refractivity contribution in [2.24, 2.45) is 5.92 Å². The Labute approximate surface area is 129 Å². The molecule has 1 aliphatic carbocycles. The Morgan fingerprint density at radius 2 is 2.19 bits per heavy atom. The molecule has 2 amide bonds. The van der Waals surface area contributed by atoms with Crippen molar-refractivity contribution in [1.29, 1.82) is 0 Å². The number of hydrogen-bond donors (Lipinski definition) is 1. The molecule has 1 aliphatic heterocycles. The highest BCUT2D eigenvalue weighted by Gasteiger charge is 2.22. The second kappa shape index (κ2) is 7.02. The lowest BCUT2D eigenvalue weighted by atomic mass is 10.3. The maximum atomic E-state index is 12.0. The molecule has 21 heavy (non-hydrogen) atoms. The van der Waals surface area contributed by atoms with Crippen LogP contribution in [0.25, 0.3) is 0 Å². The number of amides is 2. The van der Waals surface area contributed by atoms with Crippen LogP contribution in [0, 0.1) is 5.92 Å². The summed E-state index contributed by atoms with van der Waals surface area (Å²) >= 11 is 1.90. The molecule has 1 saturated heterocycles. The Bertz CT molecular complexity index is 470. The Morgan fingerprint density at radius 3 is 2.86 bits per heavy atom. The summed E-state index contributed by atoms with van der Waals surface area (Å²) in [6.07, 6.45) is 4.33. The Morgan fingerprint density at radius 1 is 1.38 bits per heavy atom. The van der Waals surface area contributed by atoms with E-state index in [4.69, 9.17) is 4.74 Å². The molecule has 0 spiro atoms. The van der Waals surface area contributed by atoms with Crippen LogP contribution in [-0.2, 0) is 6.54 Å². The Kier molecular flexibility index (Phi) is 4.85. The minimum absolute atomic E-state index is 0.0179. The van der Waals surface area contributed by atoms with Crippen LogP contribution in [0.4, 0.5) is 4.79 Å². The molecular weight excluding hydrogens is 286 g/mol. The minimum atomic E-state index is 0.0179. The number of rotatable bonds is 5. The van der Waals surface area contributed by atoms with Crippen LogP contribution >= 0.6 is 11.8 Å². The molecule has 0 radical (unpaired) electrons. The zero-order chi connectivity index (χ0) is 14.5. The van der Waals surface area contributed by atoms with Gasteiger partial charge in [-0.05, 0) is 24.3 Å². The first-order chi connectivity index (χ1) is 10.3. The highest BCUT2D eigenvalue weighted by molar-refractivity contribution is 7.99. The van der Waals surface area contributed by atoms with Crippen molar-refractivity contribution in [2.75, 3.05) is 31.2 Å². The number of aromatic nitrogens is 1. The first-order valence-electron chi connectivity index (χ1n) is 7.49. The number of nitrogens with one attached hydrogen (secondary N) is 1. The van der Waals surface area contributed by atoms with Gasteiger partial charge in [0.15, 0.2) is 0 Å². The monoisotopic (exact) mass is 307 g/mol. The topological polar surface area (TPSA) is 54.5 Å². The molecular formula is C15H21N3O2S. The molecule has 1 aromatic heterocycles. The second-order valence-electron chi connectivity index (χ2n) is 5.52. The first kappa shape index (κ1) is 14.5. The van der Waals surface area contributed by atoms with E-state index >= 15 is 0 Å². The van der Waals surface area contributed by atoms with Gasteiger partial charge in [0, 0.05) is 43.4 Å². The predicted molar refractivity (Wildman–Crippen MR) is 83.6 cm³/mol. The van der Waals surface area contributed by atoms with Crippen LogP contribution in [-0.4, -0.2) is 47.1 Å². The largest absolute Gasteiger partial charge is 0.477 e. The zero-order valence-corrected chi connectivity index (χ0v) is 12.9. The van der Waals surface area contributed by atoms with E-state index in [1.165, 1.54) is 12.8 Å². The van der Waals surface area contributed by atoms with E-state index in [9.17, 15) is 4.79 Å². The highest BCUT2D eigenvalue weighted by atomic mass is 32.2. The summed E-state index contributed by atoms with van der Waals surface area (Å²) in [5.41, 5.74) is 0.994. The molecule has 1 aromatic rings. The van der Waals surface area contributed by atoms with Gasteiger partial charge in [-0.3, -0.25) is 0 Å². The highest BCUT2D eigenvalue weighted by Crippen LogP contribution is 2.29. The third-order valence-electron chi connectivity index (χ3n) is 3.70. The van der Waals surface area contributed by atoms with E-state index in [1.54, 1.807) is 6.20 Å². The number of pyridine rings is 1. The average molecular weight is 307 g/mol. The number of urea groups is 1. The maximum absolute atomic E-state index is 12.0. The van der Waals surface area contributed by atoms with E-state index in [0.29, 0.717) is 12.4 Å². The normalized spacial score (nSPS) is 18.4. The molecule has 2 fully saturated rings. The third-order valence-corrected chi connectivity index (χ3v) is 4.65. The number of carbonyl (C=O) groups is 1. The van der Waals surface area contributed by atoms with Gasteiger partial charge in [0.1, 0.15) is 0 Å². The van der Waals surface area contributed by atoms with Crippen LogP contribution in [0.5, 0.6) is 5.88 Å². The predicted octanol–water partition coefficient (Wildman–Crippen LogP) is 2.13. The zero-order valence-electron chi connectivity index (χ0n) is 12.1. The molecule has 0 atom stereocenters. The van der Waals surface area contributed by atoms with E-state index < -0.39 is 0 Å². The van der Waals surface area contributed by atoms with Gasteiger partial charge in [-0.1, -0.05) is 6.07 Å². The number of nitrogens with zero attached hydrogens (tertiary/aromatic N) is 2. The third kappa shape index (κ3) is 4.52. The average Bonchev–Trinajstić information content (AvgIpc) is 3.37.